The molecule has 0 fully saturated rings. The summed E-state index contributed by atoms with van der Waals surface area (Å²) in [5.41, 5.74) is -12.4. The normalized spacial score (nSPS) is 16.7. The molecule has 0 aliphatic rings. The van der Waals surface area contributed by atoms with E-state index in [0.717, 1.165) is 0 Å². The highest BCUT2D eigenvalue weighted by molar-refractivity contribution is 8.09. The largest absolute Gasteiger partial charge is 0.498 e. The van der Waals surface area contributed by atoms with E-state index in [1.807, 2.05) is 0 Å². The van der Waals surface area contributed by atoms with Gasteiger partial charge in [-0.25, -0.2) is 16.8 Å². The number of rotatable bonds is 4. The van der Waals surface area contributed by atoms with E-state index in [0.29, 0.717) is 6.92 Å². The van der Waals surface area contributed by atoms with Crippen LogP contribution in [0.4, 0.5) is 26.3 Å². The van der Waals surface area contributed by atoms with Crippen LogP contribution >= 0.6 is 0 Å². The van der Waals surface area contributed by atoms with Crippen LogP contribution in [0, 0.1) is 0 Å². The predicted molar refractivity (Wildman–Crippen MR) is 50.0 cm³/mol. The fourth-order valence-corrected chi connectivity index (χ4v) is 4.65. The summed E-state index contributed by atoms with van der Waals surface area (Å²) < 4.78 is 113. The summed E-state index contributed by atoms with van der Waals surface area (Å²) >= 11 is 0. The minimum Gasteiger partial charge on any atom is -0.393 e. The van der Waals surface area contributed by atoms with Crippen molar-refractivity contribution in [1.29, 1.82) is 0 Å². The minimum atomic E-state index is -6.64. The molecule has 0 saturated carbocycles. The van der Waals surface area contributed by atoms with Crippen LogP contribution in [0.25, 0.3) is 0 Å². The Bertz CT molecular complexity index is 469. The first-order valence-corrected chi connectivity index (χ1v) is 7.42. The van der Waals surface area contributed by atoms with Crippen molar-refractivity contribution < 1.29 is 48.3 Å². The lowest BCUT2D eigenvalue weighted by atomic mass is 10.3. The van der Waals surface area contributed by atoms with Gasteiger partial charge in [-0.2, -0.15) is 26.3 Å². The Labute approximate surface area is 104 Å². The van der Waals surface area contributed by atoms with Gasteiger partial charge in [0.05, 0.1) is 6.10 Å². The third-order valence-electron chi connectivity index (χ3n) is 1.87. The van der Waals surface area contributed by atoms with E-state index in [2.05, 4.69) is 0 Å². The van der Waals surface area contributed by atoms with Crippen molar-refractivity contribution in [3.8, 4) is 0 Å². The predicted octanol–water partition coefficient (Wildman–Crippen LogP) is 0.953. The number of halogens is 6. The van der Waals surface area contributed by atoms with Gasteiger partial charge in [-0.1, -0.05) is 0 Å². The van der Waals surface area contributed by atoms with Gasteiger partial charge < -0.3 is 5.11 Å². The summed E-state index contributed by atoms with van der Waals surface area (Å²) in [6.07, 6.45) is -3.75. The van der Waals surface area contributed by atoms with E-state index in [9.17, 15) is 43.2 Å². The molecule has 1 N–H and O–H groups in total. The lowest BCUT2D eigenvalue weighted by molar-refractivity contribution is -0.0475. The Hall–Kier alpha value is -0.560. The zero-order valence-corrected chi connectivity index (χ0v) is 10.7. The van der Waals surface area contributed by atoms with E-state index < -0.39 is 47.8 Å². The first-order chi connectivity index (χ1) is 8.05. The molecule has 116 valence electrons. The molecule has 0 aliphatic heterocycles. The molecule has 5 nitrogen and oxygen atoms in total. The van der Waals surface area contributed by atoms with Gasteiger partial charge in [-0.05, 0) is 6.92 Å². The Morgan fingerprint density at radius 1 is 0.895 bits per heavy atom. The highest BCUT2D eigenvalue weighted by atomic mass is 32.3. The van der Waals surface area contributed by atoms with Crippen molar-refractivity contribution in [2.24, 2.45) is 0 Å². The first-order valence-electron chi connectivity index (χ1n) is 4.33. The van der Waals surface area contributed by atoms with Crippen LogP contribution in [0.3, 0.4) is 0 Å². The maximum Gasteiger partial charge on any atom is 0.498 e. The summed E-state index contributed by atoms with van der Waals surface area (Å²) in [4.78, 5) is 0. The van der Waals surface area contributed by atoms with E-state index >= 15 is 0 Å². The highest BCUT2D eigenvalue weighted by Gasteiger charge is 2.62. The molecular weight excluding hydrogens is 330 g/mol. The molecular formula is C6H8F6O5S2. The fourth-order valence-electron chi connectivity index (χ4n) is 0.997. The van der Waals surface area contributed by atoms with Gasteiger partial charge in [-0.15, -0.1) is 0 Å². The molecule has 0 heterocycles. The molecule has 0 saturated heterocycles. The summed E-state index contributed by atoms with van der Waals surface area (Å²) in [5.74, 6) is 0. The van der Waals surface area contributed by atoms with E-state index in [1.165, 1.54) is 0 Å². The van der Waals surface area contributed by atoms with Crippen molar-refractivity contribution in [1.82, 2.24) is 0 Å². The van der Waals surface area contributed by atoms with Gasteiger partial charge in [-0.3, -0.25) is 0 Å². The Morgan fingerprint density at radius 3 is 1.32 bits per heavy atom. The average molecular weight is 338 g/mol. The van der Waals surface area contributed by atoms with Crippen molar-refractivity contribution in [2.75, 3.05) is 0 Å². The van der Waals surface area contributed by atoms with Gasteiger partial charge in [0.25, 0.3) is 19.7 Å². The quantitative estimate of drug-likeness (QED) is 0.771. The lowest BCUT2D eigenvalue weighted by Gasteiger charge is -2.21. The van der Waals surface area contributed by atoms with Gasteiger partial charge in [0.15, 0.2) is 4.58 Å². The van der Waals surface area contributed by atoms with Crippen LogP contribution in [0.1, 0.15) is 13.3 Å². The Morgan fingerprint density at radius 2 is 1.16 bits per heavy atom. The van der Waals surface area contributed by atoms with Crippen LogP contribution in [-0.2, 0) is 19.7 Å². The molecule has 1 unspecified atom stereocenters. The molecule has 13 heteroatoms. The van der Waals surface area contributed by atoms with E-state index in [4.69, 9.17) is 5.11 Å². The van der Waals surface area contributed by atoms with Crippen molar-refractivity contribution in [2.45, 2.75) is 35.0 Å². The van der Waals surface area contributed by atoms with Crippen LogP contribution in [0.15, 0.2) is 0 Å². The van der Waals surface area contributed by atoms with Crippen molar-refractivity contribution >= 4 is 19.7 Å². The summed E-state index contributed by atoms with van der Waals surface area (Å²) in [6.45, 7) is 0.658. The molecule has 0 radical (unpaired) electrons. The maximum absolute atomic E-state index is 12.2. The smallest absolute Gasteiger partial charge is 0.393 e. The van der Waals surface area contributed by atoms with Crippen molar-refractivity contribution in [3.63, 3.8) is 0 Å². The minimum absolute atomic E-state index is 0.658. The number of aliphatic hydroxyl groups is 1. The number of hydrogen-bond acceptors (Lipinski definition) is 5. The number of sulfone groups is 2. The Kier molecular flexibility index (Phi) is 4.94. The van der Waals surface area contributed by atoms with E-state index in [1.54, 1.807) is 0 Å². The Balaban J connectivity index is 6.05. The molecule has 0 bridgehead atoms. The van der Waals surface area contributed by atoms with Crippen LogP contribution < -0.4 is 0 Å². The molecule has 1 atom stereocenters. The van der Waals surface area contributed by atoms with Gasteiger partial charge >= 0.3 is 11.0 Å². The van der Waals surface area contributed by atoms with Crippen LogP contribution in [0.2, 0.25) is 0 Å². The summed E-state index contributed by atoms with van der Waals surface area (Å²) in [5, 5.41) is 8.72. The second-order valence-corrected chi connectivity index (χ2v) is 8.04. The van der Waals surface area contributed by atoms with Crippen LogP contribution in [0.5, 0.6) is 0 Å². The highest BCUT2D eigenvalue weighted by Crippen LogP contribution is 2.37. The molecule has 0 aliphatic carbocycles. The number of alkyl halides is 6. The average Bonchev–Trinajstić information content (AvgIpc) is 2.09. The fraction of sp³-hybridized carbons (Fsp3) is 1.00. The van der Waals surface area contributed by atoms with Gasteiger partial charge in [0.2, 0.25) is 0 Å². The second kappa shape index (κ2) is 5.09. The SMILES string of the molecule is CC(O)CC(S(=O)(=O)C(F)(F)F)S(=O)(=O)C(F)(F)F. The molecule has 0 spiro atoms. The number of hydrogen-bond donors (Lipinski definition) is 1. The third-order valence-corrected chi connectivity index (χ3v) is 6.45. The molecule has 0 rings (SSSR count). The monoisotopic (exact) mass is 338 g/mol. The lowest BCUT2D eigenvalue weighted by Crippen LogP contribution is -2.46. The zero-order valence-electron chi connectivity index (χ0n) is 9.03. The molecule has 0 aromatic heterocycles. The van der Waals surface area contributed by atoms with Gasteiger partial charge in [0.1, 0.15) is 0 Å². The summed E-state index contributed by atoms with van der Waals surface area (Å²) in [6, 6.07) is 0. The number of aliphatic hydroxyl groups excluding tert-OH is 1. The second-order valence-electron chi connectivity index (χ2n) is 3.50. The summed E-state index contributed by atoms with van der Waals surface area (Å²) in [7, 11) is -13.3. The molecule has 0 amide bonds. The maximum atomic E-state index is 12.2. The topological polar surface area (TPSA) is 88.5 Å². The molecule has 0 aromatic rings. The molecule has 0 aromatic carbocycles. The van der Waals surface area contributed by atoms with Crippen molar-refractivity contribution in [3.05, 3.63) is 0 Å². The third kappa shape index (κ3) is 3.72. The van der Waals surface area contributed by atoms with Gasteiger partial charge in [0, 0.05) is 6.42 Å². The van der Waals surface area contributed by atoms with E-state index in [-0.39, 0.29) is 0 Å². The van der Waals surface area contributed by atoms with Crippen LogP contribution in [-0.4, -0.2) is 43.6 Å². The first kappa shape index (κ1) is 18.4. The molecule has 19 heavy (non-hydrogen) atoms. The standard InChI is InChI=1S/C6H8F6O5S2/c1-3(13)2-4(18(14,15)5(7,8)9)19(16,17)6(10,11)12/h3-4,13H,2H2,1H3. The zero-order chi connectivity index (χ0) is 15.9.